The second-order valence-electron chi connectivity index (χ2n) is 5.65. The number of alkyl carbamates (subject to hydrolysis) is 1. The minimum atomic E-state index is -0.521. The van der Waals surface area contributed by atoms with Gasteiger partial charge >= 0.3 is 6.09 Å². The number of nitrogens with zero attached hydrogens (tertiary/aromatic N) is 1. The molecule has 0 spiro atoms. The van der Waals surface area contributed by atoms with E-state index in [1.165, 1.54) is 0 Å². The van der Waals surface area contributed by atoms with Crippen LogP contribution >= 0.6 is 15.9 Å². The summed E-state index contributed by atoms with van der Waals surface area (Å²) >= 11 is 3.35. The van der Waals surface area contributed by atoms with Crippen LogP contribution in [0.4, 0.5) is 4.79 Å². The topological polar surface area (TPSA) is 71.5 Å². The highest BCUT2D eigenvalue weighted by Gasteiger charge is 2.17. The number of aromatic nitrogens is 1. The third kappa shape index (κ3) is 6.86. The van der Waals surface area contributed by atoms with Crippen LogP contribution < -0.4 is 5.32 Å². The average molecular weight is 345 g/mol. The predicted octanol–water partition coefficient (Wildman–Crippen LogP) is 2.52. The molecule has 20 heavy (non-hydrogen) atoms. The smallest absolute Gasteiger partial charge is 0.407 e. The molecule has 1 heterocycles. The number of hydrogen-bond acceptors (Lipinski definition) is 4. The van der Waals surface area contributed by atoms with Gasteiger partial charge in [0.1, 0.15) is 5.60 Å². The van der Waals surface area contributed by atoms with Crippen molar-refractivity contribution in [3.05, 3.63) is 28.5 Å². The average Bonchev–Trinajstić information content (AvgIpc) is 2.32. The van der Waals surface area contributed by atoms with E-state index in [0.717, 1.165) is 10.0 Å². The molecule has 0 saturated heterocycles. The quantitative estimate of drug-likeness (QED) is 0.860. The van der Waals surface area contributed by atoms with Crippen molar-refractivity contribution >= 4 is 22.0 Å². The summed E-state index contributed by atoms with van der Waals surface area (Å²) in [4.78, 5) is 15.6. The van der Waals surface area contributed by atoms with Crippen LogP contribution in [-0.4, -0.2) is 34.9 Å². The predicted molar refractivity (Wildman–Crippen MR) is 80.5 cm³/mol. The number of rotatable bonds is 5. The van der Waals surface area contributed by atoms with E-state index in [9.17, 15) is 9.90 Å². The van der Waals surface area contributed by atoms with Crippen LogP contribution in [0.5, 0.6) is 0 Å². The van der Waals surface area contributed by atoms with Crippen molar-refractivity contribution in [1.82, 2.24) is 10.3 Å². The van der Waals surface area contributed by atoms with E-state index in [0.29, 0.717) is 13.0 Å². The molecule has 0 radical (unpaired) electrons. The molecule has 6 heteroatoms. The second-order valence-corrected chi connectivity index (χ2v) is 6.56. The summed E-state index contributed by atoms with van der Waals surface area (Å²) in [6.07, 6.45) is 3.62. The van der Waals surface area contributed by atoms with Gasteiger partial charge in [-0.2, -0.15) is 0 Å². The lowest BCUT2D eigenvalue weighted by Crippen LogP contribution is -2.36. The first-order valence-corrected chi connectivity index (χ1v) is 7.26. The number of nitrogens with one attached hydrogen (secondary N) is 1. The maximum atomic E-state index is 11.6. The van der Waals surface area contributed by atoms with E-state index in [4.69, 9.17) is 4.74 Å². The van der Waals surface area contributed by atoms with Gasteiger partial charge in [-0.3, -0.25) is 4.98 Å². The zero-order valence-corrected chi connectivity index (χ0v) is 13.6. The molecule has 0 fully saturated rings. The molecule has 112 valence electrons. The molecule has 0 aliphatic rings. The number of hydrogen-bond donors (Lipinski definition) is 2. The van der Waals surface area contributed by atoms with Gasteiger partial charge in [0.15, 0.2) is 0 Å². The number of carbonyl (C=O) groups excluding carboxylic acids is 1. The zero-order chi connectivity index (χ0) is 15.2. The molecule has 5 nitrogen and oxygen atoms in total. The summed E-state index contributed by atoms with van der Waals surface area (Å²) in [6.45, 7) is 5.77. The third-order valence-electron chi connectivity index (χ3n) is 2.48. The summed E-state index contributed by atoms with van der Waals surface area (Å²) in [6, 6.07) is 1.95. The number of halogens is 1. The van der Waals surface area contributed by atoms with Crippen molar-refractivity contribution < 1.29 is 14.6 Å². The van der Waals surface area contributed by atoms with E-state index in [-0.39, 0.29) is 12.5 Å². The third-order valence-corrected chi connectivity index (χ3v) is 2.91. The minimum Gasteiger partial charge on any atom is -0.444 e. The van der Waals surface area contributed by atoms with Crippen LogP contribution in [0.25, 0.3) is 0 Å². The van der Waals surface area contributed by atoms with Crippen molar-refractivity contribution in [1.29, 1.82) is 0 Å². The van der Waals surface area contributed by atoms with E-state index < -0.39 is 11.7 Å². The fraction of sp³-hybridized carbons (Fsp3) is 0.571. The SMILES string of the molecule is CC(C)(C)OC(=O)NCC(CO)Cc1cncc(Br)c1. The van der Waals surface area contributed by atoms with Gasteiger partial charge in [-0.15, -0.1) is 0 Å². The number of ether oxygens (including phenoxy) is 1. The first-order valence-electron chi connectivity index (χ1n) is 6.47. The normalized spacial score (nSPS) is 12.8. The van der Waals surface area contributed by atoms with Crippen molar-refractivity contribution in [3.8, 4) is 0 Å². The molecule has 1 aromatic rings. The first kappa shape index (κ1) is 16.9. The largest absolute Gasteiger partial charge is 0.444 e. The maximum Gasteiger partial charge on any atom is 0.407 e. The van der Waals surface area contributed by atoms with Crippen LogP contribution in [0.2, 0.25) is 0 Å². The maximum absolute atomic E-state index is 11.6. The van der Waals surface area contributed by atoms with E-state index in [2.05, 4.69) is 26.2 Å². The van der Waals surface area contributed by atoms with Crippen molar-refractivity contribution in [2.45, 2.75) is 32.8 Å². The Morgan fingerprint density at radius 1 is 1.50 bits per heavy atom. The van der Waals surface area contributed by atoms with Crippen LogP contribution in [-0.2, 0) is 11.2 Å². The van der Waals surface area contributed by atoms with Gasteiger partial charge in [-0.1, -0.05) is 0 Å². The van der Waals surface area contributed by atoms with Crippen LogP contribution in [0.15, 0.2) is 22.9 Å². The molecule has 2 N–H and O–H groups in total. The number of carbonyl (C=O) groups is 1. The fourth-order valence-electron chi connectivity index (χ4n) is 1.64. The lowest BCUT2D eigenvalue weighted by Gasteiger charge is -2.21. The van der Waals surface area contributed by atoms with Crippen molar-refractivity contribution in [3.63, 3.8) is 0 Å². The summed E-state index contributed by atoms with van der Waals surface area (Å²) in [5, 5.41) is 12.0. The molecule has 0 aliphatic heterocycles. The first-order chi connectivity index (χ1) is 9.30. The van der Waals surface area contributed by atoms with Gasteiger partial charge in [0, 0.05) is 35.9 Å². The highest BCUT2D eigenvalue weighted by molar-refractivity contribution is 9.10. The molecule has 0 aliphatic carbocycles. The molecule has 0 saturated carbocycles. The number of amides is 1. The lowest BCUT2D eigenvalue weighted by molar-refractivity contribution is 0.0512. The van der Waals surface area contributed by atoms with Crippen molar-refractivity contribution in [2.75, 3.05) is 13.2 Å². The number of aliphatic hydroxyl groups is 1. The summed E-state index contributed by atoms with van der Waals surface area (Å²) in [5.41, 5.74) is 0.483. The van der Waals surface area contributed by atoms with Gasteiger partial charge in [-0.25, -0.2) is 4.79 Å². The van der Waals surface area contributed by atoms with Gasteiger partial charge in [0.2, 0.25) is 0 Å². The summed E-state index contributed by atoms with van der Waals surface area (Å²) in [7, 11) is 0. The summed E-state index contributed by atoms with van der Waals surface area (Å²) < 4.78 is 6.05. The van der Waals surface area contributed by atoms with E-state index in [1.54, 1.807) is 12.4 Å². The molecule has 1 atom stereocenters. The Bertz CT molecular complexity index is 446. The Labute approximate surface area is 127 Å². The molecule has 1 rings (SSSR count). The Balaban J connectivity index is 2.46. The van der Waals surface area contributed by atoms with E-state index >= 15 is 0 Å². The molecule has 0 bridgehead atoms. The van der Waals surface area contributed by atoms with Crippen LogP contribution in [0.3, 0.4) is 0 Å². The number of pyridine rings is 1. The zero-order valence-electron chi connectivity index (χ0n) is 12.0. The fourth-order valence-corrected chi connectivity index (χ4v) is 2.06. The number of aliphatic hydroxyl groups excluding tert-OH is 1. The van der Waals surface area contributed by atoms with Gasteiger partial charge in [0.25, 0.3) is 0 Å². The van der Waals surface area contributed by atoms with E-state index in [1.807, 2.05) is 26.8 Å². The van der Waals surface area contributed by atoms with Gasteiger partial charge in [0.05, 0.1) is 0 Å². The highest BCUT2D eigenvalue weighted by Crippen LogP contribution is 2.13. The molecular formula is C14H21BrN2O3. The molecule has 1 amide bonds. The molecular weight excluding hydrogens is 324 g/mol. The Hall–Kier alpha value is -1.14. The highest BCUT2D eigenvalue weighted by atomic mass is 79.9. The standard InChI is InChI=1S/C14H21BrN2O3/c1-14(2,3)20-13(19)17-7-11(9-18)4-10-5-12(15)8-16-6-10/h5-6,8,11,18H,4,7,9H2,1-3H3,(H,17,19). The van der Waals surface area contributed by atoms with Gasteiger partial charge in [-0.05, 0) is 54.8 Å². The second kappa shape index (κ2) is 7.59. The summed E-state index contributed by atoms with van der Waals surface area (Å²) in [5.74, 6) is -0.0707. The molecule has 1 unspecified atom stereocenters. The van der Waals surface area contributed by atoms with Crippen molar-refractivity contribution in [2.24, 2.45) is 5.92 Å². The van der Waals surface area contributed by atoms with Crippen LogP contribution in [0, 0.1) is 5.92 Å². The van der Waals surface area contributed by atoms with Crippen LogP contribution in [0.1, 0.15) is 26.3 Å². The Morgan fingerprint density at radius 3 is 2.75 bits per heavy atom. The lowest BCUT2D eigenvalue weighted by atomic mass is 10.0. The van der Waals surface area contributed by atoms with Gasteiger partial charge < -0.3 is 15.2 Å². The molecule has 0 aromatic carbocycles. The Morgan fingerprint density at radius 2 is 2.20 bits per heavy atom. The minimum absolute atomic E-state index is 0.0116. The monoisotopic (exact) mass is 344 g/mol. The Kier molecular flexibility index (Phi) is 6.42. The molecule has 1 aromatic heterocycles.